The standard InChI is InChI=1S/C24H32BrN5O3/c1-5-32-16-21-27-20-15-26-19-14-17(25)6-7-18(19)22(20)30(21)13-10-28-8-11-29(12-9-28)23(31)33-24(2,3)4/h6-7,14-15H,5,8-13,16H2,1-4H3. The van der Waals surface area contributed by atoms with Crippen molar-refractivity contribution in [3.63, 3.8) is 0 Å². The third-order valence-electron chi connectivity index (χ3n) is 5.71. The molecule has 0 radical (unpaired) electrons. The molecule has 0 atom stereocenters. The third kappa shape index (κ3) is 5.65. The predicted molar refractivity (Wildman–Crippen MR) is 132 cm³/mol. The lowest BCUT2D eigenvalue weighted by atomic mass is 10.2. The van der Waals surface area contributed by atoms with Crippen LogP contribution in [0.4, 0.5) is 4.79 Å². The number of nitrogens with zero attached hydrogens (tertiary/aromatic N) is 5. The quantitative estimate of drug-likeness (QED) is 0.481. The predicted octanol–water partition coefficient (Wildman–Crippen LogP) is 4.44. The van der Waals surface area contributed by atoms with Crippen LogP contribution in [0.3, 0.4) is 0 Å². The molecule has 178 valence electrons. The summed E-state index contributed by atoms with van der Waals surface area (Å²) in [6.07, 6.45) is 1.61. The number of hydrogen-bond donors (Lipinski definition) is 0. The number of ether oxygens (including phenoxy) is 2. The zero-order chi connectivity index (χ0) is 23.6. The van der Waals surface area contributed by atoms with Gasteiger partial charge in [-0.3, -0.25) is 9.88 Å². The summed E-state index contributed by atoms with van der Waals surface area (Å²) in [6, 6.07) is 6.17. The topological polar surface area (TPSA) is 72.7 Å². The molecule has 2 aromatic heterocycles. The van der Waals surface area contributed by atoms with Crippen LogP contribution in [0.25, 0.3) is 21.9 Å². The van der Waals surface area contributed by atoms with Crippen LogP contribution in [0, 0.1) is 0 Å². The van der Waals surface area contributed by atoms with Gasteiger partial charge in [0.2, 0.25) is 0 Å². The van der Waals surface area contributed by atoms with Crippen LogP contribution < -0.4 is 0 Å². The molecule has 0 spiro atoms. The van der Waals surface area contributed by atoms with Crippen LogP contribution in [-0.2, 0) is 22.6 Å². The smallest absolute Gasteiger partial charge is 0.410 e. The molecule has 3 heterocycles. The second-order valence-electron chi connectivity index (χ2n) is 9.28. The number of aromatic nitrogens is 3. The minimum atomic E-state index is -0.471. The van der Waals surface area contributed by atoms with Crippen LogP contribution in [0.2, 0.25) is 0 Å². The Balaban J connectivity index is 1.50. The van der Waals surface area contributed by atoms with Crippen LogP contribution >= 0.6 is 15.9 Å². The van der Waals surface area contributed by atoms with Crippen molar-refractivity contribution in [3.8, 4) is 0 Å². The summed E-state index contributed by atoms with van der Waals surface area (Å²) >= 11 is 3.54. The van der Waals surface area contributed by atoms with Crippen molar-refractivity contribution in [1.29, 1.82) is 0 Å². The van der Waals surface area contributed by atoms with Gasteiger partial charge in [0.15, 0.2) is 0 Å². The molecule has 1 amide bonds. The first-order valence-electron chi connectivity index (χ1n) is 11.5. The van der Waals surface area contributed by atoms with E-state index in [1.165, 1.54) is 0 Å². The Morgan fingerprint density at radius 1 is 1.12 bits per heavy atom. The van der Waals surface area contributed by atoms with E-state index in [0.717, 1.165) is 58.4 Å². The Kier molecular flexibility index (Phi) is 7.21. The van der Waals surface area contributed by atoms with Gasteiger partial charge < -0.3 is 18.9 Å². The van der Waals surface area contributed by atoms with E-state index in [-0.39, 0.29) is 6.09 Å². The monoisotopic (exact) mass is 517 g/mol. The van der Waals surface area contributed by atoms with Crippen LogP contribution in [0.15, 0.2) is 28.9 Å². The highest BCUT2D eigenvalue weighted by Crippen LogP contribution is 2.27. The van der Waals surface area contributed by atoms with Gasteiger partial charge in [-0.15, -0.1) is 0 Å². The minimum absolute atomic E-state index is 0.230. The van der Waals surface area contributed by atoms with Gasteiger partial charge in [0.25, 0.3) is 0 Å². The van der Waals surface area contributed by atoms with Crippen LogP contribution in [-0.4, -0.2) is 75.4 Å². The van der Waals surface area contributed by atoms with Gasteiger partial charge in [-0.05, 0) is 45.9 Å². The number of amides is 1. The van der Waals surface area contributed by atoms with Gasteiger partial charge in [-0.2, -0.15) is 0 Å². The average molecular weight is 518 g/mol. The van der Waals surface area contributed by atoms with E-state index in [9.17, 15) is 4.79 Å². The first-order chi connectivity index (χ1) is 15.7. The Morgan fingerprint density at radius 2 is 1.88 bits per heavy atom. The molecule has 0 saturated carbocycles. The number of pyridine rings is 1. The van der Waals surface area contributed by atoms with Crippen molar-refractivity contribution in [3.05, 3.63) is 34.7 Å². The van der Waals surface area contributed by atoms with Gasteiger partial charge in [0, 0.05) is 55.7 Å². The second kappa shape index (κ2) is 9.95. The van der Waals surface area contributed by atoms with Gasteiger partial charge in [-0.25, -0.2) is 9.78 Å². The number of benzene rings is 1. The number of hydrogen-bond acceptors (Lipinski definition) is 6. The molecule has 8 nitrogen and oxygen atoms in total. The molecule has 0 unspecified atom stereocenters. The van der Waals surface area contributed by atoms with Crippen molar-refractivity contribution in [2.75, 3.05) is 39.3 Å². The number of halogens is 1. The number of carbonyl (C=O) groups excluding carboxylic acids is 1. The van der Waals surface area contributed by atoms with E-state index in [1.54, 1.807) is 4.90 Å². The molecule has 33 heavy (non-hydrogen) atoms. The van der Waals surface area contributed by atoms with Crippen molar-refractivity contribution >= 4 is 44.0 Å². The van der Waals surface area contributed by atoms with E-state index >= 15 is 0 Å². The van der Waals surface area contributed by atoms with Gasteiger partial charge in [0.05, 0.1) is 17.2 Å². The number of carbonyl (C=O) groups is 1. The fourth-order valence-corrected chi connectivity index (χ4v) is 4.45. The van der Waals surface area contributed by atoms with Crippen molar-refractivity contribution < 1.29 is 14.3 Å². The van der Waals surface area contributed by atoms with E-state index in [4.69, 9.17) is 14.5 Å². The molecular weight excluding hydrogens is 486 g/mol. The summed E-state index contributed by atoms with van der Waals surface area (Å²) in [7, 11) is 0. The summed E-state index contributed by atoms with van der Waals surface area (Å²) in [5.41, 5.74) is 2.44. The summed E-state index contributed by atoms with van der Waals surface area (Å²) in [5.74, 6) is 0.913. The zero-order valence-corrected chi connectivity index (χ0v) is 21.4. The Labute approximate surface area is 203 Å². The van der Waals surface area contributed by atoms with E-state index < -0.39 is 5.60 Å². The highest BCUT2D eigenvalue weighted by Gasteiger charge is 2.26. The number of fused-ring (bicyclic) bond motifs is 3. The normalized spacial score (nSPS) is 15.5. The summed E-state index contributed by atoms with van der Waals surface area (Å²) < 4.78 is 14.5. The highest BCUT2D eigenvalue weighted by molar-refractivity contribution is 9.10. The van der Waals surface area contributed by atoms with Crippen molar-refractivity contribution in [2.24, 2.45) is 0 Å². The summed E-state index contributed by atoms with van der Waals surface area (Å²) in [5, 5.41) is 1.08. The van der Waals surface area contributed by atoms with Gasteiger partial charge >= 0.3 is 6.09 Å². The lowest BCUT2D eigenvalue weighted by molar-refractivity contribution is 0.0142. The SMILES string of the molecule is CCOCc1nc2cnc3cc(Br)ccc3c2n1CCN1CCN(C(=O)OC(C)(C)C)CC1. The zero-order valence-electron chi connectivity index (χ0n) is 19.8. The lowest BCUT2D eigenvalue weighted by Crippen LogP contribution is -2.50. The average Bonchev–Trinajstić information content (AvgIpc) is 3.13. The number of piperazine rings is 1. The van der Waals surface area contributed by atoms with Crippen molar-refractivity contribution in [2.45, 2.75) is 46.4 Å². The van der Waals surface area contributed by atoms with Crippen LogP contribution in [0.5, 0.6) is 0 Å². The lowest BCUT2D eigenvalue weighted by Gasteiger charge is -2.35. The van der Waals surface area contributed by atoms with Gasteiger partial charge in [-0.1, -0.05) is 15.9 Å². The van der Waals surface area contributed by atoms with Gasteiger partial charge in [0.1, 0.15) is 23.5 Å². The Bertz CT molecular complexity index is 1130. The van der Waals surface area contributed by atoms with E-state index in [0.29, 0.717) is 26.3 Å². The molecule has 1 aliphatic heterocycles. The maximum atomic E-state index is 12.4. The maximum Gasteiger partial charge on any atom is 0.410 e. The molecule has 0 aliphatic carbocycles. The molecule has 3 aromatic rings. The minimum Gasteiger partial charge on any atom is -0.444 e. The fourth-order valence-electron chi connectivity index (χ4n) is 4.10. The first-order valence-corrected chi connectivity index (χ1v) is 12.3. The molecule has 1 aliphatic rings. The molecular formula is C24H32BrN5O3. The molecule has 9 heteroatoms. The van der Waals surface area contributed by atoms with E-state index in [1.807, 2.05) is 46.0 Å². The van der Waals surface area contributed by atoms with Crippen LogP contribution in [0.1, 0.15) is 33.5 Å². The Morgan fingerprint density at radius 3 is 2.58 bits per heavy atom. The maximum absolute atomic E-state index is 12.4. The molecule has 1 fully saturated rings. The molecule has 0 N–H and O–H groups in total. The molecule has 4 rings (SSSR count). The number of rotatable bonds is 6. The largest absolute Gasteiger partial charge is 0.444 e. The first kappa shape index (κ1) is 23.9. The number of imidazole rings is 1. The van der Waals surface area contributed by atoms with E-state index in [2.05, 4.69) is 36.4 Å². The summed E-state index contributed by atoms with van der Waals surface area (Å²) in [4.78, 5) is 26.0. The molecule has 1 aromatic carbocycles. The highest BCUT2D eigenvalue weighted by atomic mass is 79.9. The second-order valence-corrected chi connectivity index (χ2v) is 10.2. The molecule has 1 saturated heterocycles. The third-order valence-corrected chi connectivity index (χ3v) is 6.21. The van der Waals surface area contributed by atoms with Crippen molar-refractivity contribution in [1.82, 2.24) is 24.3 Å². The molecule has 0 bridgehead atoms. The summed E-state index contributed by atoms with van der Waals surface area (Å²) in [6.45, 7) is 13.4. The Hall–Kier alpha value is -2.23. The fraction of sp³-hybridized carbons (Fsp3) is 0.542.